The van der Waals surface area contributed by atoms with Crippen molar-refractivity contribution in [3.05, 3.63) is 94.8 Å². The standard InChI is InChI=1S/C27H27FN2O5S/c1-18-7-8-19(2)24(15-18)29-26(31)17-35-27(32)16-25-23-6-4-3-5-20(23)13-14-30(25)36(33,34)22-11-9-21(28)10-12-22/h3-12,15,25H,13-14,16-17H2,1-2H3,(H,29,31)/t25-/m0/s1. The Bertz CT molecular complexity index is 1390. The van der Waals surface area contributed by atoms with E-state index in [1.807, 2.05) is 44.2 Å². The van der Waals surface area contributed by atoms with Gasteiger partial charge in [-0.15, -0.1) is 0 Å². The van der Waals surface area contributed by atoms with Gasteiger partial charge in [0.25, 0.3) is 5.91 Å². The average Bonchev–Trinajstić information content (AvgIpc) is 2.85. The molecule has 188 valence electrons. The number of carbonyl (C=O) groups excluding carboxylic acids is 2. The zero-order valence-corrected chi connectivity index (χ0v) is 20.8. The molecule has 0 aliphatic carbocycles. The van der Waals surface area contributed by atoms with Crippen LogP contribution in [0.4, 0.5) is 10.1 Å². The van der Waals surface area contributed by atoms with E-state index in [9.17, 15) is 22.4 Å². The van der Waals surface area contributed by atoms with Crippen molar-refractivity contribution in [2.24, 2.45) is 0 Å². The second kappa shape index (κ2) is 10.6. The summed E-state index contributed by atoms with van der Waals surface area (Å²) in [6.45, 7) is 3.42. The molecule has 9 heteroatoms. The monoisotopic (exact) mass is 510 g/mol. The van der Waals surface area contributed by atoms with Crippen LogP contribution in [0.1, 0.15) is 34.7 Å². The van der Waals surface area contributed by atoms with Crippen molar-refractivity contribution in [2.45, 2.75) is 37.6 Å². The molecule has 0 saturated heterocycles. The van der Waals surface area contributed by atoms with Gasteiger partial charge in [0.15, 0.2) is 6.61 Å². The van der Waals surface area contributed by atoms with E-state index in [1.54, 1.807) is 12.1 Å². The molecular weight excluding hydrogens is 483 g/mol. The van der Waals surface area contributed by atoms with E-state index < -0.39 is 40.4 Å². The number of nitrogens with zero attached hydrogens (tertiary/aromatic N) is 1. The Balaban J connectivity index is 1.50. The number of sulfonamides is 1. The summed E-state index contributed by atoms with van der Waals surface area (Å²) in [7, 11) is -4.02. The maximum Gasteiger partial charge on any atom is 0.308 e. The number of ether oxygens (including phenoxy) is 1. The van der Waals surface area contributed by atoms with Crippen LogP contribution in [0.2, 0.25) is 0 Å². The SMILES string of the molecule is Cc1ccc(C)c(NC(=O)COC(=O)C[C@H]2c3ccccc3CCN2S(=O)(=O)c2ccc(F)cc2)c1. The quantitative estimate of drug-likeness (QED) is 0.479. The molecule has 0 spiro atoms. The molecule has 0 saturated carbocycles. The maximum atomic E-state index is 13.4. The molecule has 0 fully saturated rings. The summed E-state index contributed by atoms with van der Waals surface area (Å²) >= 11 is 0. The maximum absolute atomic E-state index is 13.4. The Morgan fingerprint density at radius 3 is 2.53 bits per heavy atom. The lowest BCUT2D eigenvalue weighted by molar-refractivity contribution is -0.148. The number of carbonyl (C=O) groups is 2. The summed E-state index contributed by atoms with van der Waals surface area (Å²) in [5.74, 6) is -1.73. The largest absolute Gasteiger partial charge is 0.456 e. The van der Waals surface area contributed by atoms with Gasteiger partial charge in [0, 0.05) is 12.2 Å². The van der Waals surface area contributed by atoms with Gasteiger partial charge in [-0.25, -0.2) is 12.8 Å². The summed E-state index contributed by atoms with van der Waals surface area (Å²) in [5.41, 5.74) is 4.13. The van der Waals surface area contributed by atoms with Gasteiger partial charge in [0.2, 0.25) is 10.0 Å². The number of esters is 1. The average molecular weight is 511 g/mol. The minimum atomic E-state index is -4.02. The van der Waals surface area contributed by atoms with E-state index in [1.165, 1.54) is 16.4 Å². The van der Waals surface area contributed by atoms with Crippen molar-refractivity contribution in [2.75, 3.05) is 18.5 Å². The Kier molecular flexibility index (Phi) is 7.51. The molecule has 3 aromatic carbocycles. The predicted octanol–water partition coefficient (Wildman–Crippen LogP) is 4.30. The number of fused-ring (bicyclic) bond motifs is 1. The van der Waals surface area contributed by atoms with E-state index in [-0.39, 0.29) is 17.9 Å². The first-order chi connectivity index (χ1) is 17.1. The third kappa shape index (κ3) is 5.63. The fourth-order valence-electron chi connectivity index (χ4n) is 4.29. The molecule has 7 nitrogen and oxygen atoms in total. The van der Waals surface area contributed by atoms with Gasteiger partial charge in [-0.2, -0.15) is 4.31 Å². The molecule has 3 aromatic rings. The Morgan fingerprint density at radius 2 is 1.78 bits per heavy atom. The molecule has 1 N–H and O–H groups in total. The molecule has 1 amide bonds. The first-order valence-electron chi connectivity index (χ1n) is 11.5. The zero-order valence-electron chi connectivity index (χ0n) is 20.0. The summed E-state index contributed by atoms with van der Waals surface area (Å²) in [4.78, 5) is 25.1. The smallest absolute Gasteiger partial charge is 0.308 e. The zero-order chi connectivity index (χ0) is 25.9. The van der Waals surface area contributed by atoms with Gasteiger partial charge in [0.1, 0.15) is 5.82 Å². The summed E-state index contributed by atoms with van der Waals surface area (Å²) in [6.07, 6.45) is 0.203. The number of nitrogens with one attached hydrogen (secondary N) is 1. The number of amides is 1. The molecule has 36 heavy (non-hydrogen) atoms. The fourth-order valence-corrected chi connectivity index (χ4v) is 5.90. The van der Waals surface area contributed by atoms with E-state index in [0.717, 1.165) is 28.8 Å². The van der Waals surface area contributed by atoms with Crippen molar-refractivity contribution in [1.82, 2.24) is 4.31 Å². The number of aryl methyl sites for hydroxylation is 2. The van der Waals surface area contributed by atoms with Gasteiger partial charge >= 0.3 is 5.97 Å². The summed E-state index contributed by atoms with van der Waals surface area (Å²) in [5, 5.41) is 2.73. The lowest BCUT2D eigenvalue weighted by Crippen LogP contribution is -2.41. The van der Waals surface area contributed by atoms with Gasteiger partial charge in [-0.05, 0) is 72.9 Å². The van der Waals surface area contributed by atoms with Crippen LogP contribution in [-0.4, -0.2) is 37.8 Å². The molecule has 0 radical (unpaired) electrons. The van der Waals surface area contributed by atoms with Crippen molar-refractivity contribution < 1.29 is 27.1 Å². The van der Waals surface area contributed by atoms with Gasteiger partial charge in [-0.3, -0.25) is 9.59 Å². The van der Waals surface area contributed by atoms with Crippen LogP contribution < -0.4 is 5.32 Å². The summed E-state index contributed by atoms with van der Waals surface area (Å²) in [6, 6.07) is 16.7. The van der Waals surface area contributed by atoms with Crippen LogP contribution in [0.5, 0.6) is 0 Å². The van der Waals surface area contributed by atoms with Gasteiger partial charge in [-0.1, -0.05) is 36.4 Å². The lowest BCUT2D eigenvalue weighted by Gasteiger charge is -2.36. The minimum Gasteiger partial charge on any atom is -0.456 e. The van der Waals surface area contributed by atoms with Crippen LogP contribution in [-0.2, 0) is 30.8 Å². The third-order valence-electron chi connectivity index (χ3n) is 6.17. The number of hydrogen-bond acceptors (Lipinski definition) is 5. The Hall–Kier alpha value is -3.56. The van der Waals surface area contributed by atoms with Crippen molar-refractivity contribution in [3.8, 4) is 0 Å². The second-order valence-corrected chi connectivity index (χ2v) is 10.7. The van der Waals surface area contributed by atoms with E-state index in [0.29, 0.717) is 17.7 Å². The first-order valence-corrected chi connectivity index (χ1v) is 13.0. The highest BCUT2D eigenvalue weighted by Crippen LogP contribution is 2.36. The predicted molar refractivity (Wildman–Crippen MR) is 133 cm³/mol. The molecular formula is C27H27FN2O5S. The van der Waals surface area contributed by atoms with Crippen LogP contribution in [0.3, 0.4) is 0 Å². The molecule has 4 rings (SSSR count). The van der Waals surface area contributed by atoms with Crippen molar-refractivity contribution in [1.29, 1.82) is 0 Å². The number of benzene rings is 3. The third-order valence-corrected chi connectivity index (χ3v) is 8.10. The van der Waals surface area contributed by atoms with Crippen molar-refractivity contribution >= 4 is 27.6 Å². The molecule has 0 aromatic heterocycles. The number of hydrogen-bond donors (Lipinski definition) is 1. The normalized spacial score (nSPS) is 15.7. The van der Waals surface area contributed by atoms with E-state index in [2.05, 4.69) is 5.32 Å². The molecule has 0 unspecified atom stereocenters. The number of rotatable bonds is 7. The molecule has 0 bridgehead atoms. The summed E-state index contributed by atoms with van der Waals surface area (Å²) < 4.78 is 46.7. The molecule has 1 atom stereocenters. The Morgan fingerprint density at radius 1 is 1.06 bits per heavy atom. The molecule has 1 aliphatic rings. The van der Waals surface area contributed by atoms with E-state index in [4.69, 9.17) is 4.74 Å². The Labute approximate surface area is 209 Å². The molecule has 1 heterocycles. The highest BCUT2D eigenvalue weighted by Gasteiger charge is 2.38. The highest BCUT2D eigenvalue weighted by atomic mass is 32.2. The van der Waals surface area contributed by atoms with E-state index >= 15 is 0 Å². The van der Waals surface area contributed by atoms with Crippen LogP contribution in [0.25, 0.3) is 0 Å². The van der Waals surface area contributed by atoms with Crippen LogP contribution in [0, 0.1) is 19.7 Å². The highest BCUT2D eigenvalue weighted by molar-refractivity contribution is 7.89. The topological polar surface area (TPSA) is 92.8 Å². The molecule has 1 aliphatic heterocycles. The second-order valence-electron chi connectivity index (χ2n) is 8.77. The number of anilines is 1. The van der Waals surface area contributed by atoms with Crippen LogP contribution in [0.15, 0.2) is 71.6 Å². The first kappa shape index (κ1) is 25.5. The fraction of sp³-hybridized carbons (Fsp3) is 0.259. The number of halogens is 1. The van der Waals surface area contributed by atoms with Crippen LogP contribution >= 0.6 is 0 Å². The van der Waals surface area contributed by atoms with Gasteiger partial charge < -0.3 is 10.1 Å². The van der Waals surface area contributed by atoms with Crippen molar-refractivity contribution in [3.63, 3.8) is 0 Å². The van der Waals surface area contributed by atoms with Gasteiger partial charge in [0.05, 0.1) is 17.4 Å². The lowest BCUT2D eigenvalue weighted by atomic mass is 9.92. The minimum absolute atomic E-state index is 0.0606.